The molecular formula is C11H8N6S. The van der Waals surface area contributed by atoms with Gasteiger partial charge < -0.3 is 5.73 Å². The molecule has 18 heavy (non-hydrogen) atoms. The third-order valence-corrected chi connectivity index (χ3v) is 2.67. The van der Waals surface area contributed by atoms with E-state index < -0.39 is 0 Å². The molecule has 0 saturated carbocycles. The molecule has 0 radical (unpaired) electrons. The van der Waals surface area contributed by atoms with Gasteiger partial charge in [0, 0.05) is 0 Å². The van der Waals surface area contributed by atoms with Gasteiger partial charge in [0.15, 0.2) is 5.82 Å². The monoisotopic (exact) mass is 256 g/mol. The van der Waals surface area contributed by atoms with Crippen LogP contribution < -0.4 is 5.73 Å². The topological polar surface area (TPSA) is 82.5 Å². The molecule has 0 bridgehead atoms. The summed E-state index contributed by atoms with van der Waals surface area (Å²) in [5.41, 5.74) is 7.63. The SMILES string of the molecule is NC(=S)c1cnc(-n2nnc3ccccc32)cn1. The number of fused-ring (bicyclic) bond motifs is 1. The fourth-order valence-corrected chi connectivity index (χ4v) is 1.70. The van der Waals surface area contributed by atoms with Crippen molar-refractivity contribution >= 4 is 28.2 Å². The van der Waals surface area contributed by atoms with Crippen molar-refractivity contribution in [2.45, 2.75) is 0 Å². The molecule has 1 aromatic carbocycles. The molecular weight excluding hydrogens is 248 g/mol. The average Bonchev–Trinajstić information content (AvgIpc) is 2.82. The van der Waals surface area contributed by atoms with Crippen molar-refractivity contribution in [3.05, 3.63) is 42.4 Å². The standard InChI is InChI=1S/C11H8N6S/c12-11(18)8-5-14-10(6-13-8)17-9-4-2-1-3-7(9)15-16-17/h1-6H,(H2,12,18). The van der Waals surface area contributed by atoms with Crippen LogP contribution in [0.2, 0.25) is 0 Å². The number of thiocarbonyl (C=S) groups is 1. The quantitative estimate of drug-likeness (QED) is 0.684. The predicted molar refractivity (Wildman–Crippen MR) is 70.3 cm³/mol. The second-order valence-electron chi connectivity index (χ2n) is 3.61. The van der Waals surface area contributed by atoms with Crippen LogP contribution in [-0.4, -0.2) is 30.0 Å². The van der Waals surface area contributed by atoms with Gasteiger partial charge in [0.1, 0.15) is 16.2 Å². The molecule has 0 atom stereocenters. The molecule has 0 aliphatic rings. The molecule has 6 nitrogen and oxygen atoms in total. The van der Waals surface area contributed by atoms with Gasteiger partial charge in [-0.3, -0.25) is 0 Å². The highest BCUT2D eigenvalue weighted by atomic mass is 32.1. The highest BCUT2D eigenvalue weighted by Gasteiger charge is 2.07. The van der Waals surface area contributed by atoms with Crippen molar-refractivity contribution < 1.29 is 0 Å². The molecule has 0 spiro atoms. The minimum absolute atomic E-state index is 0.220. The summed E-state index contributed by atoms with van der Waals surface area (Å²) in [7, 11) is 0. The maximum absolute atomic E-state index is 5.47. The van der Waals surface area contributed by atoms with E-state index in [2.05, 4.69) is 20.3 Å². The summed E-state index contributed by atoms with van der Waals surface area (Å²) in [6.07, 6.45) is 3.09. The largest absolute Gasteiger partial charge is 0.388 e. The number of rotatable bonds is 2. The molecule has 0 unspecified atom stereocenters. The zero-order chi connectivity index (χ0) is 12.5. The molecule has 88 valence electrons. The fraction of sp³-hybridized carbons (Fsp3) is 0. The summed E-state index contributed by atoms with van der Waals surface area (Å²) in [6.45, 7) is 0. The highest BCUT2D eigenvalue weighted by Crippen LogP contribution is 2.13. The van der Waals surface area contributed by atoms with Gasteiger partial charge in [-0.25, -0.2) is 9.97 Å². The Balaban J connectivity index is 2.12. The van der Waals surface area contributed by atoms with Crippen LogP contribution in [0.15, 0.2) is 36.7 Å². The van der Waals surface area contributed by atoms with Crippen LogP contribution in [0.3, 0.4) is 0 Å². The van der Waals surface area contributed by atoms with Gasteiger partial charge in [0.2, 0.25) is 0 Å². The van der Waals surface area contributed by atoms with Gasteiger partial charge in [-0.1, -0.05) is 29.6 Å². The van der Waals surface area contributed by atoms with Crippen molar-refractivity contribution in [1.29, 1.82) is 0 Å². The number of hydrogen-bond acceptors (Lipinski definition) is 5. The van der Waals surface area contributed by atoms with Crippen molar-refractivity contribution in [2.24, 2.45) is 5.73 Å². The first-order valence-corrected chi connectivity index (χ1v) is 5.59. The molecule has 3 aromatic rings. The average molecular weight is 256 g/mol. The Morgan fingerprint density at radius 1 is 1.17 bits per heavy atom. The summed E-state index contributed by atoms with van der Waals surface area (Å²) in [5, 5.41) is 8.09. The van der Waals surface area contributed by atoms with Gasteiger partial charge in [0.05, 0.1) is 17.9 Å². The van der Waals surface area contributed by atoms with E-state index >= 15 is 0 Å². The zero-order valence-electron chi connectivity index (χ0n) is 9.19. The van der Waals surface area contributed by atoms with Crippen molar-refractivity contribution in [2.75, 3.05) is 0 Å². The molecule has 3 rings (SSSR count). The van der Waals surface area contributed by atoms with Gasteiger partial charge in [-0.2, -0.15) is 4.68 Å². The van der Waals surface area contributed by atoms with E-state index in [0.29, 0.717) is 11.5 Å². The van der Waals surface area contributed by atoms with Crippen LogP contribution in [0.1, 0.15) is 5.69 Å². The smallest absolute Gasteiger partial charge is 0.174 e. The first-order chi connectivity index (χ1) is 8.75. The molecule has 7 heteroatoms. The normalized spacial score (nSPS) is 10.7. The van der Waals surface area contributed by atoms with E-state index in [1.807, 2.05) is 24.3 Å². The molecule has 0 aliphatic carbocycles. The number of nitrogens with two attached hydrogens (primary N) is 1. The van der Waals surface area contributed by atoms with Crippen LogP contribution >= 0.6 is 12.2 Å². The van der Waals surface area contributed by atoms with E-state index in [9.17, 15) is 0 Å². The predicted octanol–water partition coefficient (Wildman–Crippen LogP) is 0.845. The summed E-state index contributed by atoms with van der Waals surface area (Å²) < 4.78 is 1.62. The second kappa shape index (κ2) is 4.11. The van der Waals surface area contributed by atoms with Crippen molar-refractivity contribution in [3.63, 3.8) is 0 Å². The van der Waals surface area contributed by atoms with Crippen LogP contribution in [0.5, 0.6) is 0 Å². The van der Waals surface area contributed by atoms with E-state index in [1.165, 1.54) is 6.20 Å². The number of benzene rings is 1. The molecule has 2 heterocycles. The summed E-state index contributed by atoms with van der Waals surface area (Å²) >= 11 is 4.82. The Bertz CT molecular complexity index is 718. The van der Waals surface area contributed by atoms with Crippen molar-refractivity contribution in [3.8, 4) is 5.82 Å². The number of para-hydroxylation sites is 1. The lowest BCUT2D eigenvalue weighted by Gasteiger charge is -2.01. The molecule has 0 aliphatic heterocycles. The van der Waals surface area contributed by atoms with Crippen molar-refractivity contribution in [1.82, 2.24) is 25.0 Å². The first-order valence-electron chi connectivity index (χ1n) is 5.18. The summed E-state index contributed by atoms with van der Waals surface area (Å²) in [4.78, 5) is 8.57. The lowest BCUT2D eigenvalue weighted by atomic mass is 10.3. The van der Waals surface area contributed by atoms with Gasteiger partial charge >= 0.3 is 0 Å². The lowest BCUT2D eigenvalue weighted by molar-refractivity contribution is 0.795. The summed E-state index contributed by atoms with van der Waals surface area (Å²) in [5.74, 6) is 0.573. The minimum atomic E-state index is 0.220. The molecule has 0 saturated heterocycles. The highest BCUT2D eigenvalue weighted by molar-refractivity contribution is 7.80. The number of aromatic nitrogens is 5. The Labute approximate surface area is 107 Å². The molecule has 0 fully saturated rings. The van der Waals surface area contributed by atoms with E-state index in [4.69, 9.17) is 18.0 Å². The zero-order valence-corrected chi connectivity index (χ0v) is 10.0. The third kappa shape index (κ3) is 1.70. The first kappa shape index (κ1) is 10.7. The Hall–Kier alpha value is -2.41. The maximum atomic E-state index is 5.47. The number of nitrogens with zero attached hydrogens (tertiary/aromatic N) is 5. The van der Waals surface area contributed by atoms with Crippen LogP contribution in [0.25, 0.3) is 16.9 Å². The van der Waals surface area contributed by atoms with E-state index in [-0.39, 0.29) is 4.99 Å². The van der Waals surface area contributed by atoms with E-state index in [0.717, 1.165) is 11.0 Å². The second-order valence-corrected chi connectivity index (χ2v) is 4.05. The Morgan fingerprint density at radius 2 is 2.00 bits per heavy atom. The fourth-order valence-electron chi connectivity index (χ4n) is 1.60. The number of hydrogen-bond donors (Lipinski definition) is 1. The molecule has 2 aromatic heterocycles. The Morgan fingerprint density at radius 3 is 2.72 bits per heavy atom. The van der Waals surface area contributed by atoms with Crippen LogP contribution in [0, 0.1) is 0 Å². The molecule has 0 amide bonds. The maximum Gasteiger partial charge on any atom is 0.174 e. The van der Waals surface area contributed by atoms with Gasteiger partial charge in [-0.15, -0.1) is 5.10 Å². The Kier molecular flexibility index (Phi) is 2.45. The van der Waals surface area contributed by atoms with E-state index in [1.54, 1.807) is 10.9 Å². The van der Waals surface area contributed by atoms with Gasteiger partial charge in [-0.05, 0) is 12.1 Å². The van der Waals surface area contributed by atoms with Crippen LogP contribution in [0.4, 0.5) is 0 Å². The minimum Gasteiger partial charge on any atom is -0.388 e. The molecule has 2 N–H and O–H groups in total. The van der Waals surface area contributed by atoms with Crippen LogP contribution in [-0.2, 0) is 0 Å². The van der Waals surface area contributed by atoms with Gasteiger partial charge in [0.25, 0.3) is 0 Å². The third-order valence-electron chi connectivity index (χ3n) is 2.46. The summed E-state index contributed by atoms with van der Waals surface area (Å²) in [6, 6.07) is 7.62. The lowest BCUT2D eigenvalue weighted by Crippen LogP contribution is -2.12.